The molecule has 0 aliphatic heterocycles. The maximum atomic E-state index is 6.12. The van der Waals surface area contributed by atoms with Gasteiger partial charge in [-0.3, -0.25) is 0 Å². The van der Waals surface area contributed by atoms with E-state index in [2.05, 4.69) is 16.5 Å². The van der Waals surface area contributed by atoms with Crippen molar-refractivity contribution in [3.05, 3.63) is 24.0 Å². The fourth-order valence-corrected chi connectivity index (χ4v) is 2.05. The minimum absolute atomic E-state index is 0.0849. The molecule has 0 amide bonds. The highest BCUT2D eigenvalue weighted by Crippen LogP contribution is 2.26. The quantitative estimate of drug-likeness (QED) is 0.767. The summed E-state index contributed by atoms with van der Waals surface area (Å²) in [6, 6.07) is 5.87. The molecule has 1 aromatic heterocycles. The van der Waals surface area contributed by atoms with E-state index in [0.29, 0.717) is 0 Å². The molecule has 0 saturated carbocycles. The number of imidazole rings is 1. The highest BCUT2D eigenvalue weighted by molar-refractivity contribution is 6.20. The van der Waals surface area contributed by atoms with Crippen molar-refractivity contribution in [3.8, 4) is 5.75 Å². The fraction of sp³-hybridized carbons (Fsp3) is 0.417. The Hall–Kier alpha value is -1.22. The number of methoxy groups -OCH3 is 1. The zero-order valence-electron chi connectivity index (χ0n) is 9.70. The average molecular weight is 239 g/mol. The van der Waals surface area contributed by atoms with Gasteiger partial charge >= 0.3 is 0 Å². The molecular formula is C12H15ClN2O. The van der Waals surface area contributed by atoms with E-state index < -0.39 is 0 Å². The summed E-state index contributed by atoms with van der Waals surface area (Å²) in [6.45, 7) is 4.88. The standard InChI is InChI=1S/C12H15ClN2O/c1-4-15-11-7-9(16-3)5-6-10(11)14-12(15)8(2)13/h5-8H,4H2,1-3H3. The molecule has 86 valence electrons. The number of aromatic nitrogens is 2. The van der Waals surface area contributed by atoms with Gasteiger partial charge in [-0.15, -0.1) is 11.6 Å². The Bertz CT molecular complexity index is 505. The maximum Gasteiger partial charge on any atom is 0.127 e. The predicted molar refractivity (Wildman–Crippen MR) is 66.2 cm³/mol. The van der Waals surface area contributed by atoms with E-state index in [1.165, 1.54) is 0 Å². The highest BCUT2D eigenvalue weighted by atomic mass is 35.5. The second-order valence-corrected chi connectivity index (χ2v) is 4.34. The van der Waals surface area contributed by atoms with Crippen LogP contribution in [0.3, 0.4) is 0 Å². The highest BCUT2D eigenvalue weighted by Gasteiger charge is 2.13. The SMILES string of the molecule is CCn1c(C(C)Cl)nc2ccc(OC)cc21. The fourth-order valence-electron chi connectivity index (χ4n) is 1.88. The van der Waals surface area contributed by atoms with Crippen molar-refractivity contribution >= 4 is 22.6 Å². The van der Waals surface area contributed by atoms with Gasteiger partial charge in [-0.05, 0) is 26.0 Å². The number of halogens is 1. The van der Waals surface area contributed by atoms with Crippen LogP contribution in [0.15, 0.2) is 18.2 Å². The lowest BCUT2D eigenvalue weighted by Crippen LogP contribution is -2.01. The Balaban J connectivity index is 2.68. The first-order valence-corrected chi connectivity index (χ1v) is 5.79. The molecule has 3 nitrogen and oxygen atoms in total. The molecule has 0 fully saturated rings. The Morgan fingerprint density at radius 1 is 1.50 bits per heavy atom. The minimum atomic E-state index is -0.0849. The molecule has 1 aromatic carbocycles. The number of benzene rings is 1. The lowest BCUT2D eigenvalue weighted by Gasteiger charge is -2.07. The van der Waals surface area contributed by atoms with Crippen LogP contribution in [-0.4, -0.2) is 16.7 Å². The smallest absolute Gasteiger partial charge is 0.127 e. The van der Waals surface area contributed by atoms with Gasteiger partial charge in [0.25, 0.3) is 0 Å². The first kappa shape index (κ1) is 11.3. The van der Waals surface area contributed by atoms with Gasteiger partial charge < -0.3 is 9.30 Å². The lowest BCUT2D eigenvalue weighted by molar-refractivity contribution is 0.415. The van der Waals surface area contributed by atoms with Crippen LogP contribution >= 0.6 is 11.6 Å². The third-order valence-corrected chi connectivity index (χ3v) is 2.85. The van der Waals surface area contributed by atoms with E-state index >= 15 is 0 Å². The van der Waals surface area contributed by atoms with Crippen LogP contribution in [0.1, 0.15) is 25.0 Å². The van der Waals surface area contributed by atoms with E-state index in [-0.39, 0.29) is 5.38 Å². The first-order chi connectivity index (χ1) is 7.67. The van der Waals surface area contributed by atoms with Gasteiger partial charge in [0.1, 0.15) is 11.6 Å². The molecule has 0 radical (unpaired) electrons. The van der Waals surface area contributed by atoms with Crippen molar-refractivity contribution in [2.75, 3.05) is 7.11 Å². The predicted octanol–water partition coefficient (Wildman–Crippen LogP) is 3.36. The summed E-state index contributed by atoms with van der Waals surface area (Å²) in [4.78, 5) is 4.53. The number of ether oxygens (including phenoxy) is 1. The van der Waals surface area contributed by atoms with Crippen LogP contribution in [0, 0.1) is 0 Å². The monoisotopic (exact) mass is 238 g/mol. The third-order valence-electron chi connectivity index (χ3n) is 2.66. The van der Waals surface area contributed by atoms with Crippen molar-refractivity contribution in [2.24, 2.45) is 0 Å². The summed E-state index contributed by atoms with van der Waals surface area (Å²) >= 11 is 6.12. The van der Waals surface area contributed by atoms with Crippen molar-refractivity contribution in [2.45, 2.75) is 25.8 Å². The summed E-state index contributed by atoms with van der Waals surface area (Å²) < 4.78 is 7.34. The van der Waals surface area contributed by atoms with Gasteiger partial charge in [0.15, 0.2) is 0 Å². The van der Waals surface area contributed by atoms with Gasteiger partial charge in [-0.2, -0.15) is 0 Å². The molecular weight excluding hydrogens is 224 g/mol. The molecule has 0 aliphatic rings. The summed E-state index contributed by atoms with van der Waals surface area (Å²) in [7, 11) is 1.67. The van der Waals surface area contributed by atoms with Crippen molar-refractivity contribution in [3.63, 3.8) is 0 Å². The van der Waals surface area contributed by atoms with E-state index in [0.717, 1.165) is 29.2 Å². The molecule has 0 N–H and O–H groups in total. The number of hydrogen-bond donors (Lipinski definition) is 0. The molecule has 0 spiro atoms. The van der Waals surface area contributed by atoms with Crippen LogP contribution < -0.4 is 4.74 Å². The van der Waals surface area contributed by atoms with E-state index in [9.17, 15) is 0 Å². The van der Waals surface area contributed by atoms with Crippen LogP contribution in [-0.2, 0) is 6.54 Å². The summed E-state index contributed by atoms with van der Waals surface area (Å²) in [5.41, 5.74) is 2.04. The summed E-state index contributed by atoms with van der Waals surface area (Å²) in [5.74, 6) is 1.75. The van der Waals surface area contributed by atoms with Crippen molar-refractivity contribution < 1.29 is 4.74 Å². The number of fused-ring (bicyclic) bond motifs is 1. The van der Waals surface area contributed by atoms with Gasteiger partial charge in [0.05, 0.1) is 23.5 Å². The second kappa shape index (κ2) is 4.34. The van der Waals surface area contributed by atoms with E-state index in [1.807, 2.05) is 25.1 Å². The van der Waals surface area contributed by atoms with Gasteiger partial charge in [-0.1, -0.05) is 0 Å². The molecule has 1 heterocycles. The summed E-state index contributed by atoms with van der Waals surface area (Å²) in [6.07, 6.45) is 0. The zero-order chi connectivity index (χ0) is 11.7. The first-order valence-electron chi connectivity index (χ1n) is 5.35. The Morgan fingerprint density at radius 2 is 2.25 bits per heavy atom. The van der Waals surface area contributed by atoms with Gasteiger partial charge in [-0.25, -0.2) is 4.98 Å². The molecule has 0 saturated heterocycles. The number of aryl methyl sites for hydroxylation is 1. The average Bonchev–Trinajstić information content (AvgIpc) is 2.66. The molecule has 4 heteroatoms. The normalized spacial score (nSPS) is 13.0. The number of rotatable bonds is 3. The topological polar surface area (TPSA) is 27.1 Å². The Morgan fingerprint density at radius 3 is 2.81 bits per heavy atom. The van der Waals surface area contributed by atoms with Crippen LogP contribution in [0.2, 0.25) is 0 Å². The molecule has 0 aliphatic carbocycles. The zero-order valence-corrected chi connectivity index (χ0v) is 10.5. The van der Waals surface area contributed by atoms with Crippen LogP contribution in [0.25, 0.3) is 11.0 Å². The molecule has 0 bridgehead atoms. The lowest BCUT2D eigenvalue weighted by atomic mass is 10.3. The second-order valence-electron chi connectivity index (χ2n) is 3.68. The number of nitrogens with zero attached hydrogens (tertiary/aromatic N) is 2. The van der Waals surface area contributed by atoms with E-state index in [4.69, 9.17) is 16.3 Å². The van der Waals surface area contributed by atoms with Crippen LogP contribution in [0.5, 0.6) is 5.75 Å². The van der Waals surface area contributed by atoms with E-state index in [1.54, 1.807) is 7.11 Å². The van der Waals surface area contributed by atoms with Gasteiger partial charge in [0, 0.05) is 12.6 Å². The van der Waals surface area contributed by atoms with Crippen LogP contribution in [0.4, 0.5) is 0 Å². The van der Waals surface area contributed by atoms with Crippen molar-refractivity contribution in [1.82, 2.24) is 9.55 Å². The number of hydrogen-bond acceptors (Lipinski definition) is 2. The summed E-state index contributed by atoms with van der Waals surface area (Å²) in [5, 5.41) is -0.0849. The molecule has 1 unspecified atom stereocenters. The largest absolute Gasteiger partial charge is 0.497 e. The van der Waals surface area contributed by atoms with Gasteiger partial charge in [0.2, 0.25) is 0 Å². The van der Waals surface area contributed by atoms with Crippen molar-refractivity contribution in [1.29, 1.82) is 0 Å². The Labute approximate surface area is 100.0 Å². The maximum absolute atomic E-state index is 6.12. The molecule has 16 heavy (non-hydrogen) atoms. The Kier molecular flexibility index (Phi) is 3.06. The number of alkyl halides is 1. The minimum Gasteiger partial charge on any atom is -0.497 e. The third kappa shape index (κ3) is 1.76. The molecule has 2 aromatic rings. The molecule has 2 rings (SSSR count). The molecule has 1 atom stereocenters.